The molecule has 1 atom stereocenters. The van der Waals surface area contributed by atoms with E-state index in [-0.39, 0.29) is 13.0 Å². The molecule has 5 nitrogen and oxygen atoms in total. The molecule has 0 saturated carbocycles. The van der Waals surface area contributed by atoms with Crippen LogP contribution < -0.4 is 15.8 Å². The summed E-state index contributed by atoms with van der Waals surface area (Å²) in [6.07, 6.45) is -0.148. The molecule has 6 heteroatoms. The smallest absolute Gasteiger partial charge is 0.304 e. The number of carboxylic acid groups (broad SMARTS) is 1. The maximum absolute atomic E-state index is 13.0. The number of carboxylic acids is 1. The highest BCUT2D eigenvalue weighted by Gasteiger charge is 2.09. The second kappa shape index (κ2) is 6.05. The Bertz CT molecular complexity index is 398. The Hall–Kier alpha value is -1.82. The average Bonchev–Trinajstić information content (AvgIpc) is 2.25. The summed E-state index contributed by atoms with van der Waals surface area (Å²) in [4.78, 5) is 10.4. The topological polar surface area (TPSA) is 84.6 Å². The van der Waals surface area contributed by atoms with E-state index < -0.39 is 17.8 Å². The largest absolute Gasteiger partial charge is 0.495 e. The monoisotopic (exact) mass is 242 g/mol. The van der Waals surface area contributed by atoms with Gasteiger partial charge in [0, 0.05) is 18.7 Å². The van der Waals surface area contributed by atoms with Crippen LogP contribution in [0, 0.1) is 5.82 Å². The fraction of sp³-hybridized carbons (Fsp3) is 0.364. The first kappa shape index (κ1) is 13.2. The predicted octanol–water partition coefficient (Wildman–Crippen LogP) is 1.05. The SMILES string of the molecule is COc1ccc(F)cc1NCC(N)CC(=O)O. The van der Waals surface area contributed by atoms with E-state index in [1.54, 1.807) is 0 Å². The average molecular weight is 242 g/mol. The molecular formula is C11H15FN2O3. The van der Waals surface area contributed by atoms with Gasteiger partial charge >= 0.3 is 5.97 Å². The fourth-order valence-electron chi connectivity index (χ4n) is 1.36. The van der Waals surface area contributed by atoms with Crippen molar-refractivity contribution in [3.8, 4) is 5.75 Å². The van der Waals surface area contributed by atoms with Gasteiger partial charge in [-0.3, -0.25) is 4.79 Å². The van der Waals surface area contributed by atoms with Crippen molar-refractivity contribution in [2.45, 2.75) is 12.5 Å². The maximum Gasteiger partial charge on any atom is 0.304 e. The van der Waals surface area contributed by atoms with Crippen molar-refractivity contribution in [3.63, 3.8) is 0 Å². The zero-order chi connectivity index (χ0) is 12.8. The third-order valence-electron chi connectivity index (χ3n) is 2.15. The molecule has 0 aromatic heterocycles. The normalized spacial score (nSPS) is 11.9. The van der Waals surface area contributed by atoms with Gasteiger partial charge in [-0.1, -0.05) is 0 Å². The van der Waals surface area contributed by atoms with E-state index in [1.807, 2.05) is 0 Å². The highest BCUT2D eigenvalue weighted by Crippen LogP contribution is 2.24. The van der Waals surface area contributed by atoms with Gasteiger partial charge in [-0.15, -0.1) is 0 Å². The highest BCUT2D eigenvalue weighted by molar-refractivity contribution is 5.67. The van der Waals surface area contributed by atoms with Gasteiger partial charge in [0.25, 0.3) is 0 Å². The summed E-state index contributed by atoms with van der Waals surface area (Å²) >= 11 is 0. The van der Waals surface area contributed by atoms with Crippen LogP contribution in [0.5, 0.6) is 5.75 Å². The van der Waals surface area contributed by atoms with Gasteiger partial charge < -0.3 is 20.9 Å². The van der Waals surface area contributed by atoms with Crippen molar-refractivity contribution in [1.29, 1.82) is 0 Å². The fourth-order valence-corrected chi connectivity index (χ4v) is 1.36. The van der Waals surface area contributed by atoms with Gasteiger partial charge in [0.15, 0.2) is 0 Å². The van der Waals surface area contributed by atoms with Crippen LogP contribution in [0.15, 0.2) is 18.2 Å². The summed E-state index contributed by atoms with van der Waals surface area (Å²) < 4.78 is 18.0. The number of aliphatic carboxylic acids is 1. The van der Waals surface area contributed by atoms with Crippen LogP contribution in [0.1, 0.15) is 6.42 Å². The zero-order valence-corrected chi connectivity index (χ0v) is 9.44. The van der Waals surface area contributed by atoms with Crippen molar-refractivity contribution in [1.82, 2.24) is 0 Å². The minimum atomic E-state index is -0.967. The Kier molecular flexibility index (Phi) is 4.71. The van der Waals surface area contributed by atoms with Crippen molar-refractivity contribution in [3.05, 3.63) is 24.0 Å². The lowest BCUT2D eigenvalue weighted by Crippen LogP contribution is -2.31. The van der Waals surface area contributed by atoms with Crippen LogP contribution >= 0.6 is 0 Å². The highest BCUT2D eigenvalue weighted by atomic mass is 19.1. The lowest BCUT2D eigenvalue weighted by Gasteiger charge is -2.14. The molecule has 0 aliphatic carbocycles. The Morgan fingerprint density at radius 1 is 1.65 bits per heavy atom. The molecule has 1 aromatic carbocycles. The molecule has 94 valence electrons. The number of methoxy groups -OCH3 is 1. The van der Waals surface area contributed by atoms with Crippen molar-refractivity contribution < 1.29 is 19.0 Å². The van der Waals surface area contributed by atoms with Gasteiger partial charge in [-0.25, -0.2) is 4.39 Å². The summed E-state index contributed by atoms with van der Waals surface area (Å²) in [5.74, 6) is -0.889. The van der Waals surface area contributed by atoms with E-state index in [2.05, 4.69) is 5.32 Å². The molecule has 0 aliphatic rings. The molecule has 0 heterocycles. The Morgan fingerprint density at radius 3 is 2.94 bits per heavy atom. The van der Waals surface area contributed by atoms with Gasteiger partial charge in [-0.05, 0) is 12.1 Å². The van der Waals surface area contributed by atoms with Crippen LogP contribution in [-0.2, 0) is 4.79 Å². The Morgan fingerprint density at radius 2 is 2.35 bits per heavy atom. The quantitative estimate of drug-likeness (QED) is 0.694. The number of halogens is 1. The molecule has 0 aliphatic heterocycles. The van der Waals surface area contributed by atoms with Crippen molar-refractivity contribution in [2.75, 3.05) is 19.0 Å². The summed E-state index contributed by atoms with van der Waals surface area (Å²) in [6, 6.07) is 3.49. The summed E-state index contributed by atoms with van der Waals surface area (Å²) in [5.41, 5.74) is 6.03. The molecule has 1 rings (SSSR count). The maximum atomic E-state index is 13.0. The molecule has 0 bridgehead atoms. The van der Waals surface area contributed by atoms with Crippen LogP contribution in [-0.4, -0.2) is 30.8 Å². The predicted molar refractivity (Wildman–Crippen MR) is 61.7 cm³/mol. The van der Waals surface area contributed by atoms with Gasteiger partial charge in [0.1, 0.15) is 11.6 Å². The van der Waals surface area contributed by atoms with E-state index in [0.29, 0.717) is 11.4 Å². The first-order valence-electron chi connectivity index (χ1n) is 5.07. The number of hydrogen-bond acceptors (Lipinski definition) is 4. The second-order valence-electron chi connectivity index (χ2n) is 3.58. The Balaban J connectivity index is 2.61. The van der Waals surface area contributed by atoms with Gasteiger partial charge in [-0.2, -0.15) is 0 Å². The molecule has 0 spiro atoms. The molecule has 0 radical (unpaired) electrons. The molecule has 4 N–H and O–H groups in total. The summed E-state index contributed by atoms with van der Waals surface area (Å²) in [7, 11) is 1.47. The molecule has 0 amide bonds. The van der Waals surface area contributed by atoms with Crippen LogP contribution in [0.4, 0.5) is 10.1 Å². The number of hydrogen-bond donors (Lipinski definition) is 3. The van der Waals surface area contributed by atoms with Crippen molar-refractivity contribution in [2.24, 2.45) is 5.73 Å². The van der Waals surface area contributed by atoms with Gasteiger partial charge in [0.2, 0.25) is 0 Å². The molecule has 0 saturated heterocycles. The molecule has 1 unspecified atom stereocenters. The molecule has 1 aromatic rings. The number of anilines is 1. The minimum Gasteiger partial charge on any atom is -0.495 e. The third-order valence-corrected chi connectivity index (χ3v) is 2.15. The number of nitrogens with one attached hydrogen (secondary N) is 1. The van der Waals surface area contributed by atoms with Crippen LogP contribution in [0.25, 0.3) is 0 Å². The van der Waals surface area contributed by atoms with E-state index in [0.717, 1.165) is 0 Å². The zero-order valence-electron chi connectivity index (χ0n) is 9.44. The van der Waals surface area contributed by atoms with E-state index in [9.17, 15) is 9.18 Å². The molecule has 17 heavy (non-hydrogen) atoms. The second-order valence-corrected chi connectivity index (χ2v) is 3.58. The Labute approximate surface area is 98.4 Å². The summed E-state index contributed by atoms with van der Waals surface area (Å²) in [5, 5.41) is 11.4. The number of nitrogens with two attached hydrogens (primary N) is 1. The van der Waals surface area contributed by atoms with E-state index in [4.69, 9.17) is 15.6 Å². The number of carbonyl (C=O) groups is 1. The van der Waals surface area contributed by atoms with E-state index in [1.165, 1.54) is 25.3 Å². The standard InChI is InChI=1S/C11H15FN2O3/c1-17-10-3-2-7(12)4-9(10)14-6-8(13)5-11(15)16/h2-4,8,14H,5-6,13H2,1H3,(H,15,16). The van der Waals surface area contributed by atoms with Crippen LogP contribution in [0.3, 0.4) is 0 Å². The first-order valence-corrected chi connectivity index (χ1v) is 5.07. The lowest BCUT2D eigenvalue weighted by molar-refractivity contribution is -0.137. The summed E-state index contributed by atoms with van der Waals surface area (Å²) in [6.45, 7) is 0.228. The first-order chi connectivity index (χ1) is 8.02. The minimum absolute atomic E-state index is 0.148. The number of benzene rings is 1. The van der Waals surface area contributed by atoms with E-state index >= 15 is 0 Å². The number of ether oxygens (including phenoxy) is 1. The molecule has 0 fully saturated rings. The third kappa shape index (κ3) is 4.28. The number of rotatable bonds is 6. The lowest BCUT2D eigenvalue weighted by atomic mass is 10.2. The molecular weight excluding hydrogens is 227 g/mol. The van der Waals surface area contributed by atoms with Crippen LogP contribution in [0.2, 0.25) is 0 Å². The van der Waals surface area contributed by atoms with Gasteiger partial charge in [0.05, 0.1) is 19.2 Å². The van der Waals surface area contributed by atoms with Crippen molar-refractivity contribution >= 4 is 11.7 Å².